The molecule has 3 heterocycles. The molecule has 0 unspecified atom stereocenters. The van der Waals surface area contributed by atoms with Crippen LogP contribution in [-0.2, 0) is 7.05 Å². The number of carbonyl (C=O) groups excluding carboxylic acids is 1. The van der Waals surface area contributed by atoms with Gasteiger partial charge in [0, 0.05) is 36.5 Å². The van der Waals surface area contributed by atoms with E-state index in [0.717, 1.165) is 12.4 Å². The third kappa shape index (κ3) is 4.83. The number of ether oxygens (including phenoxy) is 1. The van der Waals surface area contributed by atoms with Gasteiger partial charge in [-0.15, -0.1) is 0 Å². The molecule has 4 rings (SSSR count). The van der Waals surface area contributed by atoms with Crippen molar-refractivity contribution in [2.45, 2.75) is 0 Å². The summed E-state index contributed by atoms with van der Waals surface area (Å²) in [4.78, 5) is 25.0. The van der Waals surface area contributed by atoms with E-state index in [9.17, 15) is 14.4 Å². The summed E-state index contributed by atoms with van der Waals surface area (Å²) in [5.74, 6) is -0.428. The largest absolute Gasteiger partial charge is 0.494 e. The summed E-state index contributed by atoms with van der Waals surface area (Å²) in [6.07, 6.45) is 3.24. The van der Waals surface area contributed by atoms with E-state index in [1.165, 1.54) is 30.1 Å². The second kappa shape index (κ2) is 9.84. The van der Waals surface area contributed by atoms with Crippen LogP contribution in [0.2, 0.25) is 0 Å². The Hall–Kier alpha value is -5.05. The van der Waals surface area contributed by atoms with Crippen LogP contribution in [0.15, 0.2) is 48.9 Å². The van der Waals surface area contributed by atoms with Gasteiger partial charge in [0.25, 0.3) is 5.91 Å². The highest BCUT2D eigenvalue weighted by Crippen LogP contribution is 2.37. The highest BCUT2D eigenvalue weighted by molar-refractivity contribution is 6.00. The highest BCUT2D eigenvalue weighted by atomic mass is 19.1. The number of hydrogen-bond donors (Lipinski definition) is 3. The molecule has 0 atom stereocenters. The van der Waals surface area contributed by atoms with Crippen molar-refractivity contribution in [1.82, 2.24) is 30.0 Å². The number of aryl methyl sites for hydroxylation is 1. The van der Waals surface area contributed by atoms with Crippen molar-refractivity contribution in [3.05, 3.63) is 66.0 Å². The SMILES string of the molecule is [2H]C([2H])([2H])NC(=O)c1cnc(Nc2cc(C#N)n(C)n2)cc1Nc1cccc(-c2ncc(F)cn2)c1OC. The average molecular weight is 476 g/mol. The van der Waals surface area contributed by atoms with Crippen LogP contribution in [-0.4, -0.2) is 44.7 Å². The Morgan fingerprint density at radius 2 is 1.94 bits per heavy atom. The van der Waals surface area contributed by atoms with Gasteiger partial charge in [0.1, 0.15) is 17.6 Å². The van der Waals surface area contributed by atoms with E-state index in [0.29, 0.717) is 22.8 Å². The number of nitrogens with zero attached hydrogens (tertiary/aromatic N) is 6. The monoisotopic (exact) mass is 476 g/mol. The average Bonchev–Trinajstić information content (AvgIpc) is 3.22. The molecule has 35 heavy (non-hydrogen) atoms. The van der Waals surface area contributed by atoms with Gasteiger partial charge < -0.3 is 20.7 Å². The smallest absolute Gasteiger partial charge is 0.254 e. The molecule has 12 heteroatoms. The summed E-state index contributed by atoms with van der Waals surface area (Å²) < 4.78 is 42.5. The Balaban J connectivity index is 1.76. The number of para-hydroxylation sites is 1. The number of anilines is 4. The summed E-state index contributed by atoms with van der Waals surface area (Å²) >= 11 is 0. The number of halogens is 1. The minimum atomic E-state index is -2.73. The van der Waals surface area contributed by atoms with Crippen molar-refractivity contribution < 1.29 is 18.0 Å². The van der Waals surface area contributed by atoms with E-state index in [2.05, 4.69) is 30.7 Å². The molecule has 0 saturated carbocycles. The Labute approximate surface area is 203 Å². The van der Waals surface area contributed by atoms with Crippen LogP contribution in [0.4, 0.5) is 27.4 Å². The molecule has 0 aliphatic rings. The van der Waals surface area contributed by atoms with Crippen LogP contribution >= 0.6 is 0 Å². The van der Waals surface area contributed by atoms with Crippen molar-refractivity contribution in [1.29, 1.82) is 5.26 Å². The number of amides is 1. The fourth-order valence-electron chi connectivity index (χ4n) is 3.27. The van der Waals surface area contributed by atoms with Gasteiger partial charge in [-0.2, -0.15) is 10.4 Å². The maximum Gasteiger partial charge on any atom is 0.254 e. The molecule has 0 fully saturated rings. The van der Waals surface area contributed by atoms with Crippen molar-refractivity contribution in [3.63, 3.8) is 0 Å². The van der Waals surface area contributed by atoms with Crippen LogP contribution in [0.5, 0.6) is 5.75 Å². The van der Waals surface area contributed by atoms with Crippen molar-refractivity contribution >= 4 is 28.9 Å². The lowest BCUT2D eigenvalue weighted by atomic mass is 10.1. The van der Waals surface area contributed by atoms with Gasteiger partial charge >= 0.3 is 0 Å². The third-order valence-electron chi connectivity index (χ3n) is 4.86. The number of hydrogen-bond acceptors (Lipinski definition) is 9. The molecule has 0 aliphatic heterocycles. The summed E-state index contributed by atoms with van der Waals surface area (Å²) in [7, 11) is 3.03. The summed E-state index contributed by atoms with van der Waals surface area (Å²) in [6, 6.07) is 9.99. The Kier molecular flexibility index (Phi) is 5.46. The van der Waals surface area contributed by atoms with Crippen molar-refractivity contribution in [2.24, 2.45) is 7.05 Å². The predicted molar refractivity (Wildman–Crippen MR) is 126 cm³/mol. The zero-order chi connectivity index (χ0) is 27.4. The normalized spacial score (nSPS) is 12.0. The molecule has 0 aliphatic carbocycles. The summed E-state index contributed by atoms with van der Waals surface area (Å²) in [5.41, 5.74) is 1.23. The van der Waals surface area contributed by atoms with E-state index in [-0.39, 0.29) is 28.6 Å². The van der Waals surface area contributed by atoms with E-state index in [1.54, 1.807) is 25.2 Å². The van der Waals surface area contributed by atoms with Gasteiger partial charge in [0.2, 0.25) is 0 Å². The second-order valence-electron chi connectivity index (χ2n) is 7.08. The van der Waals surface area contributed by atoms with Gasteiger partial charge in [-0.3, -0.25) is 9.48 Å². The minimum Gasteiger partial charge on any atom is -0.494 e. The molecule has 0 bridgehead atoms. The first kappa shape index (κ1) is 19.4. The Morgan fingerprint density at radius 1 is 1.14 bits per heavy atom. The fraction of sp³-hybridized carbons (Fsp3) is 0.130. The maximum atomic E-state index is 13.3. The molecular formula is C23H20FN9O2. The van der Waals surface area contributed by atoms with Gasteiger partial charge in [0.15, 0.2) is 23.2 Å². The van der Waals surface area contributed by atoms with Crippen LogP contribution in [0.1, 0.15) is 20.2 Å². The Bertz CT molecular complexity index is 1530. The molecule has 0 radical (unpaired) electrons. The number of carbonyl (C=O) groups is 1. The number of benzene rings is 1. The van der Waals surface area contributed by atoms with E-state index >= 15 is 0 Å². The van der Waals surface area contributed by atoms with Gasteiger partial charge in [-0.1, -0.05) is 6.07 Å². The fourth-order valence-corrected chi connectivity index (χ4v) is 3.27. The van der Waals surface area contributed by atoms with Crippen LogP contribution in [0.25, 0.3) is 11.4 Å². The lowest BCUT2D eigenvalue weighted by molar-refractivity contribution is 0.0963. The molecule has 1 aromatic carbocycles. The number of nitriles is 1. The summed E-state index contributed by atoms with van der Waals surface area (Å²) in [6.45, 7) is -2.73. The molecule has 4 aromatic rings. The third-order valence-corrected chi connectivity index (χ3v) is 4.86. The number of pyridine rings is 1. The van der Waals surface area contributed by atoms with Gasteiger partial charge in [0.05, 0.1) is 42.0 Å². The van der Waals surface area contributed by atoms with E-state index in [1.807, 2.05) is 11.4 Å². The van der Waals surface area contributed by atoms with Gasteiger partial charge in [-0.25, -0.2) is 19.3 Å². The van der Waals surface area contributed by atoms with Crippen LogP contribution in [0.3, 0.4) is 0 Å². The van der Waals surface area contributed by atoms with E-state index in [4.69, 9.17) is 8.85 Å². The number of nitrogens with one attached hydrogen (secondary N) is 3. The highest BCUT2D eigenvalue weighted by Gasteiger charge is 2.18. The second-order valence-corrected chi connectivity index (χ2v) is 7.08. The topological polar surface area (TPSA) is 143 Å². The quantitative estimate of drug-likeness (QED) is 0.366. The number of methoxy groups -OCH3 is 1. The lowest BCUT2D eigenvalue weighted by Crippen LogP contribution is -2.19. The molecule has 1 amide bonds. The molecule has 0 saturated heterocycles. The molecular weight excluding hydrogens is 453 g/mol. The zero-order valence-electron chi connectivity index (χ0n) is 21.5. The summed E-state index contributed by atoms with van der Waals surface area (Å²) in [5, 5.41) is 21.3. The predicted octanol–water partition coefficient (Wildman–Crippen LogP) is 3.14. The lowest BCUT2D eigenvalue weighted by Gasteiger charge is -2.17. The first-order chi connectivity index (χ1) is 18.1. The van der Waals surface area contributed by atoms with Gasteiger partial charge in [-0.05, 0) is 12.1 Å². The molecule has 0 spiro atoms. The standard InChI is InChI=1S/C23H20FN9O2/c1-26-23(34)16-12-27-19(31-20-7-14(9-25)33(2)32-20)8-18(16)30-17-6-4-5-15(21(17)35-3)22-28-10-13(24)11-29-22/h4-8,10-12H,1-3H3,(H,26,34)(H2,27,30,31,32)/i1D3. The number of rotatable bonds is 7. The van der Waals surface area contributed by atoms with Crippen LogP contribution < -0.4 is 20.7 Å². The maximum absolute atomic E-state index is 13.3. The Morgan fingerprint density at radius 3 is 2.63 bits per heavy atom. The molecule has 3 N–H and O–H groups in total. The zero-order valence-corrected chi connectivity index (χ0v) is 18.5. The number of aromatic nitrogens is 5. The van der Waals surface area contributed by atoms with E-state index < -0.39 is 18.7 Å². The first-order valence-electron chi connectivity index (χ1n) is 11.5. The first-order valence-corrected chi connectivity index (χ1v) is 10.0. The molecule has 3 aromatic heterocycles. The van der Waals surface area contributed by atoms with Crippen molar-refractivity contribution in [2.75, 3.05) is 24.7 Å². The minimum absolute atomic E-state index is 0.0732. The van der Waals surface area contributed by atoms with Crippen molar-refractivity contribution in [3.8, 4) is 23.2 Å². The molecule has 176 valence electrons. The van der Waals surface area contributed by atoms with Crippen LogP contribution in [0, 0.1) is 17.1 Å². The molecule has 11 nitrogen and oxygen atoms in total.